The number of aryl methyl sites for hydroxylation is 1. The molecule has 0 unspecified atom stereocenters. The first-order valence-corrected chi connectivity index (χ1v) is 8.18. The molecule has 0 aliphatic rings. The van der Waals surface area contributed by atoms with Crippen LogP contribution in [0.4, 0.5) is 5.69 Å². The third-order valence-electron chi connectivity index (χ3n) is 3.72. The Labute approximate surface area is 148 Å². The molecule has 0 amide bonds. The number of anilines is 1. The van der Waals surface area contributed by atoms with Crippen LogP contribution in [0.15, 0.2) is 36.4 Å². The van der Waals surface area contributed by atoms with Crippen molar-refractivity contribution in [3.8, 4) is 5.75 Å². The van der Waals surface area contributed by atoms with Gasteiger partial charge < -0.3 is 15.4 Å². The van der Waals surface area contributed by atoms with Crippen LogP contribution in [-0.2, 0) is 0 Å². The molecule has 5 heteroatoms. The topological polar surface area (TPSA) is 33.3 Å². The van der Waals surface area contributed by atoms with Crippen molar-refractivity contribution < 1.29 is 4.74 Å². The molecule has 0 aliphatic heterocycles. The second kappa shape index (κ2) is 7.66. The molecule has 0 saturated carbocycles. The highest BCUT2D eigenvalue weighted by atomic mass is 35.5. The zero-order valence-electron chi connectivity index (χ0n) is 13.7. The number of halogens is 1. The summed E-state index contributed by atoms with van der Waals surface area (Å²) in [6.07, 6.45) is 0. The van der Waals surface area contributed by atoms with E-state index in [0.717, 1.165) is 22.6 Å². The van der Waals surface area contributed by atoms with Crippen LogP contribution in [0.1, 0.15) is 29.7 Å². The number of benzene rings is 2. The average Bonchev–Trinajstić information content (AvgIpc) is 2.51. The molecule has 0 aromatic heterocycles. The largest absolute Gasteiger partial charge is 0.496 e. The highest BCUT2D eigenvalue weighted by Gasteiger charge is 2.13. The Kier molecular flexibility index (Phi) is 5.85. The van der Waals surface area contributed by atoms with Gasteiger partial charge in [-0.2, -0.15) is 0 Å². The fourth-order valence-electron chi connectivity index (χ4n) is 2.37. The third-order valence-corrected chi connectivity index (χ3v) is 4.34. The fraction of sp³-hybridized carbons (Fsp3) is 0.278. The molecule has 0 saturated heterocycles. The molecule has 3 nitrogen and oxygen atoms in total. The van der Waals surface area contributed by atoms with Gasteiger partial charge in [-0.05, 0) is 56.8 Å². The van der Waals surface area contributed by atoms with Crippen LogP contribution in [-0.4, -0.2) is 12.2 Å². The number of methoxy groups -OCH3 is 1. The predicted octanol–water partition coefficient (Wildman–Crippen LogP) is 5.01. The quantitative estimate of drug-likeness (QED) is 0.761. The van der Waals surface area contributed by atoms with Gasteiger partial charge in [0.2, 0.25) is 0 Å². The second-order valence-electron chi connectivity index (χ2n) is 5.48. The van der Waals surface area contributed by atoms with Crippen LogP contribution in [0, 0.1) is 13.8 Å². The van der Waals surface area contributed by atoms with E-state index >= 15 is 0 Å². The summed E-state index contributed by atoms with van der Waals surface area (Å²) in [4.78, 5) is 0. The first kappa shape index (κ1) is 17.6. The number of hydrogen-bond donors (Lipinski definition) is 2. The molecule has 122 valence electrons. The first-order chi connectivity index (χ1) is 10.9. The molecular formula is C18H21ClN2OS. The minimum Gasteiger partial charge on any atom is -0.496 e. The molecule has 0 spiro atoms. The Morgan fingerprint density at radius 1 is 1.22 bits per heavy atom. The van der Waals surface area contributed by atoms with Crippen LogP contribution in [0.3, 0.4) is 0 Å². The predicted molar refractivity (Wildman–Crippen MR) is 102 cm³/mol. The van der Waals surface area contributed by atoms with Crippen molar-refractivity contribution in [1.82, 2.24) is 5.32 Å². The smallest absolute Gasteiger partial charge is 0.171 e. The third kappa shape index (κ3) is 4.36. The van der Waals surface area contributed by atoms with E-state index in [1.165, 1.54) is 5.56 Å². The lowest BCUT2D eigenvalue weighted by Gasteiger charge is -2.20. The lowest BCUT2D eigenvalue weighted by molar-refractivity contribution is 0.405. The van der Waals surface area contributed by atoms with E-state index < -0.39 is 0 Å². The molecule has 23 heavy (non-hydrogen) atoms. The van der Waals surface area contributed by atoms with Gasteiger partial charge in [-0.3, -0.25) is 0 Å². The summed E-state index contributed by atoms with van der Waals surface area (Å²) in [5.74, 6) is 0.845. The maximum absolute atomic E-state index is 6.14. The lowest BCUT2D eigenvalue weighted by Crippen LogP contribution is -2.31. The molecule has 0 heterocycles. The van der Waals surface area contributed by atoms with E-state index in [1.807, 2.05) is 37.3 Å². The normalized spacial score (nSPS) is 11.7. The van der Waals surface area contributed by atoms with Gasteiger partial charge in [0, 0.05) is 16.3 Å². The number of ether oxygens (including phenoxy) is 1. The Hall–Kier alpha value is -1.78. The van der Waals surface area contributed by atoms with Crippen molar-refractivity contribution >= 4 is 34.6 Å². The summed E-state index contributed by atoms with van der Waals surface area (Å²) in [5.41, 5.74) is 4.12. The van der Waals surface area contributed by atoms with Crippen molar-refractivity contribution in [1.29, 1.82) is 0 Å². The van der Waals surface area contributed by atoms with Crippen molar-refractivity contribution in [3.63, 3.8) is 0 Å². The van der Waals surface area contributed by atoms with Gasteiger partial charge in [0.1, 0.15) is 5.75 Å². The van der Waals surface area contributed by atoms with Gasteiger partial charge in [0.05, 0.1) is 13.2 Å². The van der Waals surface area contributed by atoms with E-state index in [2.05, 4.69) is 30.5 Å². The summed E-state index contributed by atoms with van der Waals surface area (Å²) in [6.45, 7) is 6.07. The summed E-state index contributed by atoms with van der Waals surface area (Å²) in [5, 5.41) is 7.75. The van der Waals surface area contributed by atoms with E-state index in [9.17, 15) is 0 Å². The van der Waals surface area contributed by atoms with Crippen molar-refractivity contribution in [2.45, 2.75) is 26.8 Å². The summed E-state index contributed by atoms with van der Waals surface area (Å²) < 4.78 is 5.44. The number of nitrogens with one attached hydrogen (secondary N) is 2. The average molecular weight is 349 g/mol. The Balaban J connectivity index is 2.11. The van der Waals surface area contributed by atoms with E-state index in [1.54, 1.807) is 7.11 Å². The molecule has 2 rings (SSSR count). The molecule has 0 radical (unpaired) electrons. The second-order valence-corrected chi connectivity index (χ2v) is 6.29. The summed E-state index contributed by atoms with van der Waals surface area (Å²) in [7, 11) is 1.67. The number of hydrogen-bond acceptors (Lipinski definition) is 2. The molecular weight excluding hydrogens is 328 g/mol. The van der Waals surface area contributed by atoms with Gasteiger partial charge in [0.15, 0.2) is 5.11 Å². The standard InChI is InChI=1S/C18H21ClN2OS/c1-11-8-9-17(22-4)14(10-11)13(3)20-18(23)21-16-7-5-6-15(19)12(16)2/h5-10,13H,1-4H3,(H2,20,21,23)/t13-/m0/s1. The molecule has 2 aromatic rings. The highest BCUT2D eigenvalue weighted by Crippen LogP contribution is 2.27. The molecule has 0 bridgehead atoms. The monoisotopic (exact) mass is 348 g/mol. The summed E-state index contributed by atoms with van der Waals surface area (Å²) in [6, 6.07) is 11.8. The maximum Gasteiger partial charge on any atom is 0.171 e. The number of thiocarbonyl (C=S) groups is 1. The zero-order valence-corrected chi connectivity index (χ0v) is 15.3. The maximum atomic E-state index is 6.14. The minimum absolute atomic E-state index is 0.0179. The highest BCUT2D eigenvalue weighted by molar-refractivity contribution is 7.80. The molecule has 1 atom stereocenters. The number of rotatable bonds is 4. The molecule has 0 fully saturated rings. The Bertz CT molecular complexity index is 718. The van der Waals surface area contributed by atoms with Crippen LogP contribution in [0.5, 0.6) is 5.75 Å². The molecule has 2 aromatic carbocycles. The van der Waals surface area contributed by atoms with E-state index in [4.69, 9.17) is 28.6 Å². The van der Waals surface area contributed by atoms with Gasteiger partial charge in [-0.1, -0.05) is 35.4 Å². The lowest BCUT2D eigenvalue weighted by atomic mass is 10.0. The SMILES string of the molecule is COc1ccc(C)cc1[C@H](C)NC(=S)Nc1cccc(Cl)c1C. The van der Waals surface area contributed by atoms with Crippen LogP contribution in [0.2, 0.25) is 5.02 Å². The van der Waals surface area contributed by atoms with Gasteiger partial charge >= 0.3 is 0 Å². The Morgan fingerprint density at radius 2 is 1.96 bits per heavy atom. The van der Waals surface area contributed by atoms with Gasteiger partial charge in [0.25, 0.3) is 0 Å². The van der Waals surface area contributed by atoms with Crippen molar-refractivity contribution in [2.75, 3.05) is 12.4 Å². The molecule has 2 N–H and O–H groups in total. The van der Waals surface area contributed by atoms with Crippen LogP contribution in [0.25, 0.3) is 0 Å². The van der Waals surface area contributed by atoms with Crippen LogP contribution >= 0.6 is 23.8 Å². The molecule has 0 aliphatic carbocycles. The van der Waals surface area contributed by atoms with E-state index in [-0.39, 0.29) is 6.04 Å². The summed E-state index contributed by atoms with van der Waals surface area (Å²) >= 11 is 11.6. The first-order valence-electron chi connectivity index (χ1n) is 7.39. The Morgan fingerprint density at radius 3 is 2.65 bits per heavy atom. The van der Waals surface area contributed by atoms with Crippen molar-refractivity contribution in [3.05, 3.63) is 58.1 Å². The van der Waals surface area contributed by atoms with Crippen molar-refractivity contribution in [2.24, 2.45) is 0 Å². The van der Waals surface area contributed by atoms with Gasteiger partial charge in [-0.25, -0.2) is 0 Å². The zero-order chi connectivity index (χ0) is 17.0. The fourth-order valence-corrected chi connectivity index (χ4v) is 2.83. The van der Waals surface area contributed by atoms with Crippen LogP contribution < -0.4 is 15.4 Å². The van der Waals surface area contributed by atoms with Gasteiger partial charge in [-0.15, -0.1) is 0 Å². The minimum atomic E-state index is 0.0179. The van der Waals surface area contributed by atoms with E-state index in [0.29, 0.717) is 10.1 Å².